The molecule has 2 unspecified atom stereocenters. The van der Waals surface area contributed by atoms with Gasteiger partial charge in [0.2, 0.25) is 0 Å². The van der Waals surface area contributed by atoms with Crippen molar-refractivity contribution in [2.45, 2.75) is 38.8 Å². The summed E-state index contributed by atoms with van der Waals surface area (Å²) >= 11 is 5.98. The second-order valence-corrected chi connectivity index (χ2v) is 6.35. The maximum atomic E-state index is 12.5. The number of Topliss-reactive ketones (excluding diaryl/α,β-unsaturated/α-hetero) is 1. The third-order valence-electron chi connectivity index (χ3n) is 4.55. The predicted molar refractivity (Wildman–Crippen MR) is 88.1 cm³/mol. The van der Waals surface area contributed by atoms with E-state index in [9.17, 15) is 4.79 Å². The second kappa shape index (κ2) is 7.39. The largest absolute Gasteiger partial charge is 0.299 e. The first kappa shape index (κ1) is 16.5. The van der Waals surface area contributed by atoms with E-state index in [0.29, 0.717) is 16.6 Å². The van der Waals surface area contributed by atoms with Crippen molar-refractivity contribution in [3.8, 4) is 0 Å². The van der Waals surface area contributed by atoms with Crippen molar-refractivity contribution in [1.29, 1.82) is 0 Å². The van der Waals surface area contributed by atoms with Crippen LogP contribution in [0.3, 0.4) is 0 Å². The van der Waals surface area contributed by atoms with Crippen LogP contribution in [0.2, 0.25) is 5.02 Å². The quantitative estimate of drug-likeness (QED) is 0.753. The third-order valence-corrected chi connectivity index (χ3v) is 4.79. The van der Waals surface area contributed by atoms with Gasteiger partial charge in [-0.15, -0.1) is 0 Å². The minimum Gasteiger partial charge on any atom is -0.299 e. The lowest BCUT2D eigenvalue weighted by atomic mass is 10.0. The van der Waals surface area contributed by atoms with Crippen molar-refractivity contribution in [1.82, 2.24) is 9.80 Å². The van der Waals surface area contributed by atoms with Crippen LogP contribution < -0.4 is 0 Å². The second-order valence-electron chi connectivity index (χ2n) is 5.91. The van der Waals surface area contributed by atoms with Gasteiger partial charge in [-0.2, -0.15) is 0 Å². The van der Waals surface area contributed by atoms with Gasteiger partial charge >= 0.3 is 0 Å². The van der Waals surface area contributed by atoms with Crippen molar-refractivity contribution in [2.75, 3.05) is 26.7 Å². The van der Waals surface area contributed by atoms with Crippen LogP contribution in [0, 0.1) is 0 Å². The molecule has 0 aliphatic carbocycles. The number of halogens is 1. The van der Waals surface area contributed by atoms with Gasteiger partial charge in [-0.05, 0) is 52.0 Å². The van der Waals surface area contributed by atoms with Gasteiger partial charge in [-0.3, -0.25) is 14.6 Å². The van der Waals surface area contributed by atoms with Crippen molar-refractivity contribution in [2.24, 2.45) is 0 Å². The molecule has 0 aromatic heterocycles. The SMILES string of the molecule is CCN1CCCC1CN(C)C(C)C(=O)c1cccc(Cl)c1. The lowest BCUT2D eigenvalue weighted by Crippen LogP contribution is -2.44. The van der Waals surface area contributed by atoms with Gasteiger partial charge in [0.05, 0.1) is 6.04 Å². The molecule has 4 heteroatoms. The fourth-order valence-electron chi connectivity index (χ4n) is 3.09. The van der Waals surface area contributed by atoms with E-state index in [-0.39, 0.29) is 11.8 Å². The summed E-state index contributed by atoms with van der Waals surface area (Å²) in [6, 6.07) is 7.68. The van der Waals surface area contributed by atoms with Gasteiger partial charge in [0.1, 0.15) is 0 Å². The highest BCUT2D eigenvalue weighted by atomic mass is 35.5. The third kappa shape index (κ3) is 4.06. The molecule has 0 radical (unpaired) electrons. The fraction of sp³-hybridized carbons (Fsp3) is 0.588. The summed E-state index contributed by atoms with van der Waals surface area (Å²) < 4.78 is 0. The van der Waals surface area contributed by atoms with Crippen LogP contribution >= 0.6 is 11.6 Å². The Morgan fingerprint density at radius 3 is 2.95 bits per heavy atom. The Hall–Kier alpha value is -0.900. The number of rotatable bonds is 6. The summed E-state index contributed by atoms with van der Waals surface area (Å²) in [4.78, 5) is 17.2. The number of hydrogen-bond acceptors (Lipinski definition) is 3. The van der Waals surface area contributed by atoms with Crippen LogP contribution in [-0.2, 0) is 0 Å². The Balaban J connectivity index is 1.98. The molecule has 21 heavy (non-hydrogen) atoms. The molecule has 1 aromatic rings. The Kier molecular flexibility index (Phi) is 5.80. The zero-order chi connectivity index (χ0) is 15.4. The zero-order valence-corrected chi connectivity index (χ0v) is 13.9. The van der Waals surface area contributed by atoms with Crippen molar-refractivity contribution < 1.29 is 4.79 Å². The van der Waals surface area contributed by atoms with Crippen LogP contribution in [0.1, 0.15) is 37.0 Å². The molecule has 1 fully saturated rings. The summed E-state index contributed by atoms with van der Waals surface area (Å²) in [5, 5.41) is 0.614. The molecule has 1 aliphatic heterocycles. The molecule has 2 atom stereocenters. The lowest BCUT2D eigenvalue weighted by molar-refractivity contribution is 0.0836. The molecule has 116 valence electrons. The van der Waals surface area contributed by atoms with Crippen LogP contribution in [0.25, 0.3) is 0 Å². The average Bonchev–Trinajstić information content (AvgIpc) is 2.92. The molecule has 0 amide bonds. The van der Waals surface area contributed by atoms with Crippen LogP contribution in [0.5, 0.6) is 0 Å². The van der Waals surface area contributed by atoms with E-state index in [1.54, 1.807) is 12.1 Å². The molecule has 1 saturated heterocycles. The van der Waals surface area contributed by atoms with Gasteiger partial charge in [-0.25, -0.2) is 0 Å². The Morgan fingerprint density at radius 1 is 1.52 bits per heavy atom. The number of ketones is 1. The summed E-state index contributed by atoms with van der Waals surface area (Å²) in [7, 11) is 2.04. The Morgan fingerprint density at radius 2 is 2.29 bits per heavy atom. The molecular formula is C17H25ClN2O. The maximum absolute atomic E-state index is 12.5. The lowest BCUT2D eigenvalue weighted by Gasteiger charge is -2.30. The van der Waals surface area contributed by atoms with Gasteiger partial charge < -0.3 is 0 Å². The van der Waals surface area contributed by atoms with E-state index >= 15 is 0 Å². The van der Waals surface area contributed by atoms with Crippen LogP contribution in [0.4, 0.5) is 0 Å². The first-order chi connectivity index (χ1) is 10.0. The van der Waals surface area contributed by atoms with Crippen molar-refractivity contribution >= 4 is 17.4 Å². The molecule has 1 aliphatic rings. The van der Waals surface area contributed by atoms with Crippen molar-refractivity contribution in [3.63, 3.8) is 0 Å². The molecule has 2 rings (SSSR count). The minimum absolute atomic E-state index is 0.122. The number of hydrogen-bond donors (Lipinski definition) is 0. The van der Waals surface area contributed by atoms with E-state index in [2.05, 4.69) is 16.7 Å². The summed E-state index contributed by atoms with van der Waals surface area (Å²) in [6.45, 7) is 7.41. The topological polar surface area (TPSA) is 23.6 Å². The minimum atomic E-state index is -0.122. The smallest absolute Gasteiger partial charge is 0.179 e. The molecule has 0 saturated carbocycles. The highest BCUT2D eigenvalue weighted by Crippen LogP contribution is 2.19. The summed E-state index contributed by atoms with van der Waals surface area (Å²) in [5.41, 5.74) is 0.695. The van der Waals surface area contributed by atoms with E-state index in [1.807, 2.05) is 26.1 Å². The van der Waals surface area contributed by atoms with Crippen LogP contribution in [0.15, 0.2) is 24.3 Å². The highest BCUT2D eigenvalue weighted by Gasteiger charge is 2.27. The molecule has 1 heterocycles. The normalized spacial score (nSPS) is 20.9. The number of carbonyl (C=O) groups is 1. The van der Waals surface area contributed by atoms with Gasteiger partial charge in [0.15, 0.2) is 5.78 Å². The number of nitrogens with zero attached hydrogens (tertiary/aromatic N) is 2. The average molecular weight is 309 g/mol. The number of likely N-dealkylation sites (tertiary alicyclic amines) is 1. The van der Waals surface area contributed by atoms with Crippen molar-refractivity contribution in [3.05, 3.63) is 34.9 Å². The Labute approximate surface area is 132 Å². The van der Waals surface area contributed by atoms with E-state index in [0.717, 1.165) is 13.1 Å². The Bertz CT molecular complexity index is 491. The molecule has 0 bridgehead atoms. The summed E-state index contributed by atoms with van der Waals surface area (Å²) in [6.07, 6.45) is 2.50. The number of carbonyl (C=O) groups excluding carboxylic acids is 1. The molecule has 3 nitrogen and oxygen atoms in total. The van der Waals surface area contributed by atoms with Gasteiger partial charge in [-0.1, -0.05) is 30.7 Å². The van der Waals surface area contributed by atoms with Gasteiger partial charge in [0, 0.05) is 23.2 Å². The maximum Gasteiger partial charge on any atom is 0.179 e. The fourth-order valence-corrected chi connectivity index (χ4v) is 3.28. The van der Waals surface area contributed by atoms with Gasteiger partial charge in [0.25, 0.3) is 0 Å². The van der Waals surface area contributed by atoms with Crippen LogP contribution in [-0.4, -0.2) is 54.3 Å². The van der Waals surface area contributed by atoms with E-state index in [4.69, 9.17) is 11.6 Å². The molecule has 0 N–H and O–H groups in total. The van der Waals surface area contributed by atoms with E-state index in [1.165, 1.54) is 19.4 Å². The molecular weight excluding hydrogens is 284 g/mol. The molecule has 0 spiro atoms. The first-order valence-electron chi connectivity index (χ1n) is 7.77. The number of benzene rings is 1. The zero-order valence-electron chi connectivity index (χ0n) is 13.2. The first-order valence-corrected chi connectivity index (χ1v) is 8.14. The molecule has 1 aromatic carbocycles. The highest BCUT2D eigenvalue weighted by molar-refractivity contribution is 6.31. The standard InChI is InChI=1S/C17H25ClN2O/c1-4-20-10-6-9-16(20)12-19(3)13(2)17(21)14-7-5-8-15(18)11-14/h5,7-8,11,13,16H,4,6,9-10,12H2,1-3H3. The predicted octanol–water partition coefficient (Wildman–Crippen LogP) is 3.33. The summed E-state index contributed by atoms with van der Waals surface area (Å²) in [5.74, 6) is 0.140. The monoisotopic (exact) mass is 308 g/mol. The number of likely N-dealkylation sites (N-methyl/N-ethyl adjacent to an activating group) is 2. The van der Waals surface area contributed by atoms with E-state index < -0.39 is 0 Å².